The van der Waals surface area contributed by atoms with Crippen LogP contribution in [0.4, 0.5) is 0 Å². The first kappa shape index (κ1) is 18.9. The molecule has 0 radical (unpaired) electrons. The van der Waals surface area contributed by atoms with Gasteiger partial charge in [-0.3, -0.25) is 9.69 Å². The number of hydrogen-bond donors (Lipinski definition) is 0. The second kappa shape index (κ2) is 8.69. The highest BCUT2D eigenvalue weighted by Gasteiger charge is 2.21. The molecule has 5 nitrogen and oxygen atoms in total. The average molecular weight is 376 g/mol. The SMILES string of the molecule is CC(C)CN1CCN(C(=O)CCc2ncc(-c3ccc(Cl)cc3)o2)CC1. The summed E-state index contributed by atoms with van der Waals surface area (Å²) in [6.45, 7) is 9.11. The molecule has 1 saturated heterocycles. The van der Waals surface area contributed by atoms with Crippen molar-refractivity contribution in [2.75, 3.05) is 32.7 Å². The fourth-order valence-corrected chi connectivity index (χ4v) is 3.37. The van der Waals surface area contributed by atoms with Gasteiger partial charge in [-0.1, -0.05) is 25.4 Å². The third-order valence-electron chi connectivity index (χ3n) is 4.58. The fraction of sp³-hybridized carbons (Fsp3) is 0.500. The molecule has 2 aromatic rings. The molecule has 0 N–H and O–H groups in total. The number of oxazole rings is 1. The number of carbonyl (C=O) groups is 1. The van der Waals surface area contributed by atoms with Crippen molar-refractivity contribution in [3.63, 3.8) is 0 Å². The van der Waals surface area contributed by atoms with E-state index in [0.29, 0.717) is 35.4 Å². The van der Waals surface area contributed by atoms with E-state index in [9.17, 15) is 4.79 Å². The molecule has 1 fully saturated rings. The molecule has 0 aliphatic carbocycles. The average Bonchev–Trinajstić information content (AvgIpc) is 3.09. The Bertz CT molecular complexity index is 719. The number of benzene rings is 1. The van der Waals surface area contributed by atoms with Crippen LogP contribution in [0.1, 0.15) is 26.2 Å². The van der Waals surface area contributed by atoms with Gasteiger partial charge in [0.15, 0.2) is 11.7 Å². The summed E-state index contributed by atoms with van der Waals surface area (Å²) in [5.41, 5.74) is 0.931. The van der Waals surface area contributed by atoms with Crippen LogP contribution in [-0.4, -0.2) is 53.4 Å². The van der Waals surface area contributed by atoms with E-state index in [1.807, 2.05) is 29.2 Å². The smallest absolute Gasteiger partial charge is 0.223 e. The van der Waals surface area contributed by atoms with E-state index >= 15 is 0 Å². The van der Waals surface area contributed by atoms with Crippen LogP contribution in [0, 0.1) is 5.92 Å². The molecule has 26 heavy (non-hydrogen) atoms. The largest absolute Gasteiger partial charge is 0.441 e. The number of hydrogen-bond acceptors (Lipinski definition) is 4. The number of aromatic nitrogens is 1. The van der Waals surface area contributed by atoms with Crippen LogP contribution in [0.15, 0.2) is 34.9 Å². The molecule has 2 heterocycles. The number of aryl methyl sites for hydroxylation is 1. The van der Waals surface area contributed by atoms with Gasteiger partial charge in [0.25, 0.3) is 0 Å². The Hall–Kier alpha value is -1.85. The van der Waals surface area contributed by atoms with Gasteiger partial charge in [0.2, 0.25) is 5.91 Å². The zero-order chi connectivity index (χ0) is 18.5. The lowest BCUT2D eigenvalue weighted by molar-refractivity contribution is -0.133. The van der Waals surface area contributed by atoms with Crippen LogP contribution < -0.4 is 0 Å². The molecule has 1 aliphatic heterocycles. The van der Waals surface area contributed by atoms with Gasteiger partial charge in [-0.2, -0.15) is 0 Å². The molecular weight excluding hydrogens is 350 g/mol. The zero-order valence-electron chi connectivity index (χ0n) is 15.4. The topological polar surface area (TPSA) is 49.6 Å². The van der Waals surface area contributed by atoms with Crippen LogP contribution in [0.25, 0.3) is 11.3 Å². The first-order valence-corrected chi connectivity index (χ1v) is 9.60. The van der Waals surface area contributed by atoms with Gasteiger partial charge >= 0.3 is 0 Å². The molecule has 0 saturated carbocycles. The number of amides is 1. The van der Waals surface area contributed by atoms with E-state index in [1.54, 1.807) is 6.20 Å². The molecule has 0 atom stereocenters. The summed E-state index contributed by atoms with van der Waals surface area (Å²) in [6.07, 6.45) is 2.66. The van der Waals surface area contributed by atoms with Crippen molar-refractivity contribution < 1.29 is 9.21 Å². The monoisotopic (exact) mass is 375 g/mol. The van der Waals surface area contributed by atoms with Gasteiger partial charge in [0.05, 0.1) is 6.20 Å². The van der Waals surface area contributed by atoms with E-state index in [-0.39, 0.29) is 5.91 Å². The van der Waals surface area contributed by atoms with Gasteiger partial charge in [-0.05, 0) is 30.2 Å². The van der Waals surface area contributed by atoms with Crippen molar-refractivity contribution in [3.05, 3.63) is 41.4 Å². The Morgan fingerprint density at radius 1 is 1.19 bits per heavy atom. The number of piperazine rings is 1. The van der Waals surface area contributed by atoms with Gasteiger partial charge in [0.1, 0.15) is 0 Å². The van der Waals surface area contributed by atoms with E-state index in [0.717, 1.165) is 38.3 Å². The normalized spacial score (nSPS) is 15.6. The van der Waals surface area contributed by atoms with Crippen molar-refractivity contribution >= 4 is 17.5 Å². The maximum atomic E-state index is 12.4. The first-order valence-electron chi connectivity index (χ1n) is 9.22. The quantitative estimate of drug-likeness (QED) is 0.772. The van der Waals surface area contributed by atoms with Crippen LogP contribution in [0.5, 0.6) is 0 Å². The highest BCUT2D eigenvalue weighted by molar-refractivity contribution is 6.30. The summed E-state index contributed by atoms with van der Waals surface area (Å²) in [4.78, 5) is 21.1. The molecule has 1 amide bonds. The zero-order valence-corrected chi connectivity index (χ0v) is 16.2. The first-order chi connectivity index (χ1) is 12.5. The summed E-state index contributed by atoms with van der Waals surface area (Å²) in [5, 5.41) is 0.688. The molecular formula is C20H26ClN3O2. The second-order valence-corrected chi connectivity index (χ2v) is 7.64. The van der Waals surface area contributed by atoms with Crippen LogP contribution >= 0.6 is 11.6 Å². The third-order valence-corrected chi connectivity index (χ3v) is 4.84. The summed E-state index contributed by atoms with van der Waals surface area (Å²) in [6, 6.07) is 7.44. The highest BCUT2D eigenvalue weighted by Crippen LogP contribution is 2.22. The number of rotatable bonds is 6. The number of nitrogens with zero attached hydrogens (tertiary/aromatic N) is 3. The third kappa shape index (κ3) is 5.08. The maximum absolute atomic E-state index is 12.4. The molecule has 0 unspecified atom stereocenters. The molecule has 1 aromatic carbocycles. The molecule has 6 heteroatoms. The Morgan fingerprint density at radius 2 is 1.88 bits per heavy atom. The van der Waals surface area contributed by atoms with Crippen molar-refractivity contribution in [2.45, 2.75) is 26.7 Å². The van der Waals surface area contributed by atoms with Crippen molar-refractivity contribution in [1.82, 2.24) is 14.8 Å². The van der Waals surface area contributed by atoms with Crippen LogP contribution in [0.2, 0.25) is 5.02 Å². The van der Waals surface area contributed by atoms with E-state index in [1.165, 1.54) is 0 Å². The van der Waals surface area contributed by atoms with E-state index < -0.39 is 0 Å². The molecule has 3 rings (SSSR count). The summed E-state index contributed by atoms with van der Waals surface area (Å²) in [5.74, 6) is 2.14. The summed E-state index contributed by atoms with van der Waals surface area (Å²) < 4.78 is 5.77. The highest BCUT2D eigenvalue weighted by atomic mass is 35.5. The second-order valence-electron chi connectivity index (χ2n) is 7.20. The van der Waals surface area contributed by atoms with Gasteiger partial charge < -0.3 is 9.32 Å². The predicted molar refractivity (Wildman–Crippen MR) is 103 cm³/mol. The van der Waals surface area contributed by atoms with E-state index in [4.69, 9.17) is 16.0 Å². The minimum Gasteiger partial charge on any atom is -0.441 e. The Labute approximate surface area is 159 Å². The Balaban J connectivity index is 1.47. The van der Waals surface area contributed by atoms with Crippen LogP contribution in [0.3, 0.4) is 0 Å². The predicted octanol–water partition coefficient (Wildman–Crippen LogP) is 3.73. The van der Waals surface area contributed by atoms with Crippen molar-refractivity contribution in [3.8, 4) is 11.3 Å². The molecule has 0 spiro atoms. The standard InChI is InChI=1S/C20H26ClN3O2/c1-15(2)14-23-9-11-24(12-10-23)20(25)8-7-19-22-13-18(26-19)16-3-5-17(21)6-4-16/h3-6,13,15H,7-12,14H2,1-2H3. The number of halogens is 1. The Kier molecular flexibility index (Phi) is 6.33. The summed E-state index contributed by atoms with van der Waals surface area (Å²) >= 11 is 5.90. The van der Waals surface area contributed by atoms with Crippen LogP contribution in [-0.2, 0) is 11.2 Å². The Morgan fingerprint density at radius 3 is 2.54 bits per heavy atom. The maximum Gasteiger partial charge on any atom is 0.223 e. The summed E-state index contributed by atoms with van der Waals surface area (Å²) in [7, 11) is 0. The number of carbonyl (C=O) groups excluding carboxylic acids is 1. The van der Waals surface area contributed by atoms with Gasteiger partial charge in [-0.25, -0.2) is 4.98 Å². The van der Waals surface area contributed by atoms with E-state index in [2.05, 4.69) is 23.7 Å². The van der Waals surface area contributed by atoms with Gasteiger partial charge in [0, 0.05) is 56.2 Å². The minimum atomic E-state index is 0.181. The molecule has 140 valence electrons. The van der Waals surface area contributed by atoms with Gasteiger partial charge in [-0.15, -0.1) is 0 Å². The van der Waals surface area contributed by atoms with Crippen molar-refractivity contribution in [1.29, 1.82) is 0 Å². The molecule has 1 aliphatic rings. The fourth-order valence-electron chi connectivity index (χ4n) is 3.24. The lowest BCUT2D eigenvalue weighted by atomic mass is 10.2. The molecule has 0 bridgehead atoms. The molecule has 1 aromatic heterocycles. The lowest BCUT2D eigenvalue weighted by Gasteiger charge is -2.35. The lowest BCUT2D eigenvalue weighted by Crippen LogP contribution is -2.49. The minimum absolute atomic E-state index is 0.181. The van der Waals surface area contributed by atoms with Crippen molar-refractivity contribution in [2.24, 2.45) is 5.92 Å².